The fraction of sp³-hybridized carbons (Fsp3) is 0.429. The van der Waals surface area contributed by atoms with Gasteiger partial charge < -0.3 is 15.3 Å². The van der Waals surface area contributed by atoms with Crippen LogP contribution in [0.25, 0.3) is 22.0 Å². The molecule has 1 aromatic heterocycles. The van der Waals surface area contributed by atoms with Gasteiger partial charge in [0.1, 0.15) is 0 Å². The number of nitrogens with zero attached hydrogens (tertiary/aromatic N) is 2. The fourth-order valence-electron chi connectivity index (χ4n) is 5.07. The monoisotopic (exact) mass is 585 g/mol. The predicted octanol–water partition coefficient (Wildman–Crippen LogP) is 8.27. The third kappa shape index (κ3) is 7.21. The van der Waals surface area contributed by atoms with Gasteiger partial charge in [-0.25, -0.2) is 0 Å². The largest absolute Gasteiger partial charge is 0.505 e. The van der Waals surface area contributed by atoms with Gasteiger partial charge in [0, 0.05) is 24.2 Å². The molecule has 2 aromatic carbocycles. The van der Waals surface area contributed by atoms with Crippen LogP contribution >= 0.6 is 48.0 Å². The van der Waals surface area contributed by atoms with Gasteiger partial charge in [-0.05, 0) is 87.0 Å². The van der Waals surface area contributed by atoms with Gasteiger partial charge >= 0.3 is 0 Å². The van der Waals surface area contributed by atoms with Gasteiger partial charge in [0.25, 0.3) is 0 Å². The number of phenolic OH excluding ortho intramolecular Hbond substituents is 1. The molecule has 0 unspecified atom stereocenters. The lowest BCUT2D eigenvalue weighted by atomic mass is 9.85. The molecule has 0 bridgehead atoms. The Morgan fingerprint density at radius 2 is 1.65 bits per heavy atom. The average Bonchev–Trinajstić information content (AvgIpc) is 2.86. The number of hydrogen-bond acceptors (Lipinski definition) is 5. The van der Waals surface area contributed by atoms with Crippen LogP contribution in [0, 0.1) is 5.92 Å². The topological polar surface area (TPSA) is 65.5 Å². The van der Waals surface area contributed by atoms with Crippen molar-refractivity contribution >= 4 is 70.4 Å². The summed E-state index contributed by atoms with van der Waals surface area (Å²) < 4.78 is 0. The number of hydrogen-bond donors (Lipinski definition) is 2. The highest BCUT2D eigenvalue weighted by atomic mass is 35.5. The number of fused-ring (bicyclic) bond motifs is 1. The van der Waals surface area contributed by atoms with Crippen molar-refractivity contribution in [3.8, 4) is 16.9 Å². The van der Waals surface area contributed by atoms with Crippen LogP contribution in [0.2, 0.25) is 10.0 Å². The fourth-order valence-corrected chi connectivity index (χ4v) is 5.55. The average molecular weight is 587 g/mol. The summed E-state index contributed by atoms with van der Waals surface area (Å²) in [7, 11) is 0. The lowest BCUT2D eigenvalue weighted by Gasteiger charge is -2.33. The van der Waals surface area contributed by atoms with Crippen LogP contribution in [0.4, 0.5) is 5.69 Å². The Morgan fingerprint density at radius 1 is 1.03 bits per heavy atom. The summed E-state index contributed by atoms with van der Waals surface area (Å²) in [6.45, 7) is 9.39. The van der Waals surface area contributed by atoms with Crippen molar-refractivity contribution < 1.29 is 9.90 Å². The Bertz CT molecular complexity index is 1200. The second-order valence-corrected chi connectivity index (χ2v) is 10.3. The molecular formula is C28H35Cl4N3O2. The number of aromatic hydroxyl groups is 1. The molecule has 0 aliphatic heterocycles. The van der Waals surface area contributed by atoms with E-state index in [-0.39, 0.29) is 46.4 Å². The molecule has 0 atom stereocenters. The predicted molar refractivity (Wildman–Crippen MR) is 161 cm³/mol. The standard InChI is InChI=1S/C28H33Cl2N3O2.2ClH/c1-4-33(5-2)16-18-6-9-21(10-7-18)32-27-22-12-19(20-13-24(29)28(35)25(30)14-20)8-11-26(22)31-15-23(27)17(3)34;;/h8,11-15,18,21,35H,4-7,9-10,16H2,1-3H3,(H,31,32);2*1H/t18-,21-;;. The maximum absolute atomic E-state index is 12.5. The minimum atomic E-state index is -0.127. The molecule has 202 valence electrons. The SMILES string of the molecule is CCN(CC)C[C@H]1CC[C@H](Nc2c(C(C)=O)cnc3ccc(-c4cc(Cl)c(O)c(Cl)c4)cc23)CC1.Cl.Cl. The van der Waals surface area contributed by atoms with Gasteiger partial charge in [0.2, 0.25) is 0 Å². The normalized spacial score (nSPS) is 17.2. The van der Waals surface area contributed by atoms with E-state index in [0.717, 1.165) is 66.1 Å². The Morgan fingerprint density at radius 3 is 2.22 bits per heavy atom. The molecule has 1 aliphatic carbocycles. The van der Waals surface area contributed by atoms with Gasteiger partial charge in [-0.3, -0.25) is 9.78 Å². The van der Waals surface area contributed by atoms with Gasteiger partial charge in [-0.2, -0.15) is 0 Å². The van der Waals surface area contributed by atoms with Crippen LogP contribution in [0.1, 0.15) is 56.8 Å². The number of phenols is 1. The molecule has 1 heterocycles. The van der Waals surface area contributed by atoms with E-state index in [0.29, 0.717) is 11.6 Å². The zero-order valence-corrected chi connectivity index (χ0v) is 24.5. The summed E-state index contributed by atoms with van der Waals surface area (Å²) in [6.07, 6.45) is 6.20. The first-order chi connectivity index (χ1) is 16.8. The highest BCUT2D eigenvalue weighted by Crippen LogP contribution is 2.38. The maximum Gasteiger partial charge on any atom is 0.163 e. The first-order valence-electron chi connectivity index (χ1n) is 12.4. The second-order valence-electron chi connectivity index (χ2n) is 9.47. The lowest BCUT2D eigenvalue weighted by molar-refractivity contribution is 0.101. The number of Topliss-reactive ketones (excluding diaryl/α,β-unsaturated/α-hetero) is 1. The van der Waals surface area contributed by atoms with Crippen molar-refractivity contribution in [2.24, 2.45) is 5.92 Å². The number of halogens is 4. The summed E-state index contributed by atoms with van der Waals surface area (Å²) in [5.41, 5.74) is 3.92. The number of nitrogens with one attached hydrogen (secondary N) is 1. The minimum absolute atomic E-state index is 0. The zero-order chi connectivity index (χ0) is 25.1. The third-order valence-corrected chi connectivity index (χ3v) is 7.78. The molecule has 4 rings (SSSR count). The number of anilines is 1. The molecule has 1 saturated carbocycles. The molecule has 1 aliphatic rings. The summed E-state index contributed by atoms with van der Waals surface area (Å²) in [5, 5.41) is 14.9. The zero-order valence-electron chi connectivity index (χ0n) is 21.4. The van der Waals surface area contributed by atoms with E-state index in [1.165, 1.54) is 12.8 Å². The number of benzene rings is 2. The van der Waals surface area contributed by atoms with E-state index >= 15 is 0 Å². The molecule has 0 radical (unpaired) electrons. The first-order valence-corrected chi connectivity index (χ1v) is 13.2. The molecule has 0 spiro atoms. The Labute approximate surface area is 241 Å². The van der Waals surface area contributed by atoms with Crippen molar-refractivity contribution in [1.29, 1.82) is 0 Å². The Hall–Kier alpha value is -1.76. The van der Waals surface area contributed by atoms with Crippen LogP contribution in [0.5, 0.6) is 5.75 Å². The molecule has 0 amide bonds. The number of carbonyl (C=O) groups is 1. The Balaban J connectivity index is 0.00000241. The molecule has 2 N–H and O–H groups in total. The van der Waals surface area contributed by atoms with Gasteiger partial charge in [-0.15, -0.1) is 24.8 Å². The number of aromatic nitrogens is 1. The third-order valence-electron chi connectivity index (χ3n) is 7.20. The number of carbonyl (C=O) groups excluding carboxylic acids is 1. The van der Waals surface area contributed by atoms with E-state index in [2.05, 4.69) is 29.0 Å². The van der Waals surface area contributed by atoms with E-state index in [1.807, 2.05) is 18.2 Å². The number of pyridine rings is 1. The molecule has 3 aromatic rings. The van der Waals surface area contributed by atoms with Crippen LogP contribution < -0.4 is 5.32 Å². The quantitative estimate of drug-likeness (QED) is 0.260. The van der Waals surface area contributed by atoms with Crippen molar-refractivity contribution in [3.63, 3.8) is 0 Å². The summed E-state index contributed by atoms with van der Waals surface area (Å²) in [5.74, 6) is 0.584. The van der Waals surface area contributed by atoms with Gasteiger partial charge in [-0.1, -0.05) is 43.1 Å². The van der Waals surface area contributed by atoms with Crippen molar-refractivity contribution in [2.75, 3.05) is 25.0 Å². The molecule has 37 heavy (non-hydrogen) atoms. The maximum atomic E-state index is 12.5. The molecule has 0 saturated heterocycles. The molecule has 5 nitrogen and oxygen atoms in total. The molecule has 9 heteroatoms. The highest BCUT2D eigenvalue weighted by molar-refractivity contribution is 6.37. The van der Waals surface area contributed by atoms with Crippen LogP contribution in [-0.4, -0.2) is 46.4 Å². The van der Waals surface area contributed by atoms with Crippen LogP contribution in [0.3, 0.4) is 0 Å². The van der Waals surface area contributed by atoms with Crippen LogP contribution in [0.15, 0.2) is 36.5 Å². The Kier molecular flexibility index (Phi) is 11.8. The first kappa shape index (κ1) is 31.5. The summed E-state index contributed by atoms with van der Waals surface area (Å²) in [4.78, 5) is 19.6. The smallest absolute Gasteiger partial charge is 0.163 e. The van der Waals surface area contributed by atoms with Crippen molar-refractivity contribution in [1.82, 2.24) is 9.88 Å². The van der Waals surface area contributed by atoms with Crippen LogP contribution in [-0.2, 0) is 0 Å². The number of ketones is 1. The summed E-state index contributed by atoms with van der Waals surface area (Å²) >= 11 is 12.3. The second kappa shape index (κ2) is 13.9. The van der Waals surface area contributed by atoms with E-state index in [9.17, 15) is 9.90 Å². The van der Waals surface area contributed by atoms with Crippen molar-refractivity contribution in [2.45, 2.75) is 52.5 Å². The molecular weight excluding hydrogens is 552 g/mol. The van der Waals surface area contributed by atoms with Gasteiger partial charge in [0.15, 0.2) is 11.5 Å². The molecule has 1 fully saturated rings. The lowest BCUT2D eigenvalue weighted by Crippen LogP contribution is -2.34. The minimum Gasteiger partial charge on any atom is -0.505 e. The summed E-state index contributed by atoms with van der Waals surface area (Å²) in [6, 6.07) is 9.60. The highest BCUT2D eigenvalue weighted by Gasteiger charge is 2.24. The van der Waals surface area contributed by atoms with Gasteiger partial charge in [0.05, 0.1) is 26.8 Å². The van der Waals surface area contributed by atoms with E-state index in [1.54, 1.807) is 25.3 Å². The van der Waals surface area contributed by atoms with E-state index in [4.69, 9.17) is 23.2 Å². The number of rotatable bonds is 8. The van der Waals surface area contributed by atoms with E-state index < -0.39 is 0 Å². The van der Waals surface area contributed by atoms with Crippen molar-refractivity contribution in [3.05, 3.63) is 52.1 Å².